The lowest BCUT2D eigenvalue weighted by Gasteiger charge is -2.25. The molecule has 1 N–H and O–H groups in total. The Labute approximate surface area is 149 Å². The predicted octanol–water partition coefficient (Wildman–Crippen LogP) is 6.22. The molecule has 25 heavy (non-hydrogen) atoms. The zero-order valence-electron chi connectivity index (χ0n) is 15.1. The molecular formula is C24H23N. The highest BCUT2D eigenvalue weighted by atomic mass is 14.4. The lowest BCUT2D eigenvalue weighted by Crippen LogP contribution is -2.14. The van der Waals surface area contributed by atoms with Crippen LogP contribution >= 0.6 is 0 Å². The lowest BCUT2D eigenvalue weighted by atomic mass is 9.79. The molecule has 1 aliphatic carbocycles. The zero-order valence-corrected chi connectivity index (χ0v) is 15.1. The third-order valence-electron chi connectivity index (χ3n) is 5.18. The first-order chi connectivity index (χ1) is 12.0. The highest BCUT2D eigenvalue weighted by Gasteiger charge is 2.26. The van der Waals surface area contributed by atoms with E-state index in [0.717, 1.165) is 12.0 Å². The fourth-order valence-corrected chi connectivity index (χ4v) is 4.01. The van der Waals surface area contributed by atoms with Gasteiger partial charge in [0.1, 0.15) is 0 Å². The Kier molecular flexibility index (Phi) is 3.61. The van der Waals surface area contributed by atoms with E-state index in [1.54, 1.807) is 0 Å². The van der Waals surface area contributed by atoms with Crippen molar-refractivity contribution in [2.45, 2.75) is 32.6 Å². The normalized spacial score (nSPS) is 12.6. The van der Waals surface area contributed by atoms with Crippen molar-refractivity contribution in [1.29, 1.82) is 5.41 Å². The molecule has 4 rings (SSSR count). The summed E-state index contributed by atoms with van der Waals surface area (Å²) in [6, 6.07) is 21.6. The number of hydrogen-bond acceptors (Lipinski definition) is 1. The largest absolute Gasteiger partial charge is 0.308 e. The average Bonchev–Trinajstić information content (AvgIpc) is 2.99. The van der Waals surface area contributed by atoms with Crippen LogP contribution in [0.15, 0.2) is 60.7 Å². The van der Waals surface area contributed by atoms with Gasteiger partial charge in [0.2, 0.25) is 0 Å². The van der Waals surface area contributed by atoms with Crippen molar-refractivity contribution in [3.8, 4) is 22.3 Å². The minimum atomic E-state index is 0.0303. The van der Waals surface area contributed by atoms with E-state index in [1.165, 1.54) is 45.2 Å². The summed E-state index contributed by atoms with van der Waals surface area (Å²) in [6.07, 6.45) is 2.46. The summed E-state index contributed by atoms with van der Waals surface area (Å²) in [5, 5.41) is 7.94. The molecule has 0 unspecified atom stereocenters. The Morgan fingerprint density at radius 1 is 0.800 bits per heavy atom. The second-order valence-electron chi connectivity index (χ2n) is 7.83. The van der Waals surface area contributed by atoms with Crippen molar-refractivity contribution >= 4 is 6.21 Å². The van der Waals surface area contributed by atoms with Crippen LogP contribution in [0.25, 0.3) is 22.3 Å². The van der Waals surface area contributed by atoms with Gasteiger partial charge >= 0.3 is 0 Å². The van der Waals surface area contributed by atoms with E-state index in [-0.39, 0.29) is 5.41 Å². The fourth-order valence-electron chi connectivity index (χ4n) is 4.01. The van der Waals surface area contributed by atoms with E-state index >= 15 is 0 Å². The van der Waals surface area contributed by atoms with Crippen LogP contribution < -0.4 is 0 Å². The third-order valence-corrected chi connectivity index (χ3v) is 5.18. The van der Waals surface area contributed by atoms with Gasteiger partial charge in [-0.2, -0.15) is 0 Å². The van der Waals surface area contributed by atoms with Gasteiger partial charge in [0.15, 0.2) is 0 Å². The fraction of sp³-hybridized carbons (Fsp3) is 0.208. The summed E-state index contributed by atoms with van der Waals surface area (Å²) < 4.78 is 0. The molecule has 0 heterocycles. The molecule has 0 atom stereocenters. The first kappa shape index (κ1) is 15.8. The summed E-state index contributed by atoms with van der Waals surface area (Å²) in [5.41, 5.74) is 10.3. The maximum atomic E-state index is 7.94. The molecule has 0 saturated carbocycles. The molecule has 1 nitrogen and oxygen atoms in total. The molecule has 0 fully saturated rings. The van der Waals surface area contributed by atoms with Gasteiger partial charge in [-0.15, -0.1) is 0 Å². The second kappa shape index (κ2) is 5.70. The highest BCUT2D eigenvalue weighted by molar-refractivity contribution is 5.94. The van der Waals surface area contributed by atoms with E-state index in [2.05, 4.69) is 81.4 Å². The molecule has 1 aliphatic rings. The number of fused-ring (bicyclic) bond motifs is 3. The Morgan fingerprint density at radius 2 is 1.48 bits per heavy atom. The molecular weight excluding hydrogens is 302 g/mol. The van der Waals surface area contributed by atoms with E-state index < -0.39 is 0 Å². The monoisotopic (exact) mass is 325 g/mol. The van der Waals surface area contributed by atoms with Crippen molar-refractivity contribution in [1.82, 2.24) is 0 Å². The molecule has 3 aromatic rings. The minimum Gasteiger partial charge on any atom is -0.308 e. The Hall–Kier alpha value is -2.67. The quantitative estimate of drug-likeness (QED) is 0.423. The van der Waals surface area contributed by atoms with Crippen molar-refractivity contribution in [2.24, 2.45) is 0 Å². The summed E-state index contributed by atoms with van der Waals surface area (Å²) in [7, 11) is 0. The Bertz CT molecular complexity index is 974. The Balaban J connectivity index is 2.02. The summed E-state index contributed by atoms with van der Waals surface area (Å²) in [6.45, 7) is 6.74. The average molecular weight is 325 g/mol. The topological polar surface area (TPSA) is 23.9 Å². The van der Waals surface area contributed by atoms with Crippen LogP contribution in [0, 0.1) is 5.41 Å². The molecule has 0 amide bonds. The van der Waals surface area contributed by atoms with Crippen LogP contribution in [0.4, 0.5) is 0 Å². The van der Waals surface area contributed by atoms with Crippen LogP contribution in [-0.4, -0.2) is 6.21 Å². The van der Waals surface area contributed by atoms with Crippen LogP contribution in [0.3, 0.4) is 0 Å². The van der Waals surface area contributed by atoms with Gasteiger partial charge in [-0.1, -0.05) is 81.4 Å². The number of nitrogens with one attached hydrogen (secondary N) is 1. The summed E-state index contributed by atoms with van der Waals surface area (Å²) >= 11 is 0. The SMILES string of the molecule is CC(C)(C)c1cccc(C=N)c1-c1cccc2c1Cc1ccccc1-2. The van der Waals surface area contributed by atoms with Crippen LogP contribution in [-0.2, 0) is 11.8 Å². The maximum absolute atomic E-state index is 7.94. The van der Waals surface area contributed by atoms with Crippen LogP contribution in [0.2, 0.25) is 0 Å². The van der Waals surface area contributed by atoms with Crippen molar-refractivity contribution < 1.29 is 0 Å². The van der Waals surface area contributed by atoms with Gasteiger partial charge in [0.05, 0.1) is 0 Å². The molecule has 0 radical (unpaired) electrons. The lowest BCUT2D eigenvalue weighted by molar-refractivity contribution is 0.592. The van der Waals surface area contributed by atoms with Crippen LogP contribution in [0.5, 0.6) is 0 Å². The van der Waals surface area contributed by atoms with E-state index in [1.807, 2.05) is 0 Å². The highest BCUT2D eigenvalue weighted by Crippen LogP contribution is 2.44. The third kappa shape index (κ3) is 2.51. The second-order valence-corrected chi connectivity index (χ2v) is 7.83. The first-order valence-electron chi connectivity index (χ1n) is 8.85. The van der Waals surface area contributed by atoms with Crippen LogP contribution in [0.1, 0.15) is 43.0 Å². The van der Waals surface area contributed by atoms with Gasteiger partial charge in [-0.05, 0) is 50.8 Å². The van der Waals surface area contributed by atoms with Crippen molar-refractivity contribution in [3.05, 3.63) is 82.9 Å². The molecule has 3 aromatic carbocycles. The zero-order chi connectivity index (χ0) is 17.6. The minimum absolute atomic E-state index is 0.0303. The predicted molar refractivity (Wildman–Crippen MR) is 107 cm³/mol. The van der Waals surface area contributed by atoms with E-state index in [9.17, 15) is 0 Å². The molecule has 1 heteroatoms. The van der Waals surface area contributed by atoms with Crippen molar-refractivity contribution in [3.63, 3.8) is 0 Å². The standard InChI is InChI=1S/C24H23N/c1-24(2,3)22-13-6-9-17(15-25)23(22)20-12-7-11-19-18-10-5-4-8-16(18)14-21(19)20/h4-13,15,25H,14H2,1-3H3. The molecule has 0 spiro atoms. The van der Waals surface area contributed by atoms with E-state index in [4.69, 9.17) is 5.41 Å². The number of rotatable bonds is 2. The van der Waals surface area contributed by atoms with E-state index in [0.29, 0.717) is 0 Å². The smallest absolute Gasteiger partial charge is 0.0256 e. The van der Waals surface area contributed by atoms with Gasteiger partial charge < -0.3 is 5.41 Å². The number of hydrogen-bond donors (Lipinski definition) is 1. The molecule has 0 saturated heterocycles. The Morgan fingerprint density at radius 3 is 2.24 bits per heavy atom. The van der Waals surface area contributed by atoms with Gasteiger partial charge in [-0.3, -0.25) is 0 Å². The van der Waals surface area contributed by atoms with Gasteiger partial charge in [-0.25, -0.2) is 0 Å². The molecule has 124 valence electrons. The molecule has 0 aliphatic heterocycles. The first-order valence-corrected chi connectivity index (χ1v) is 8.85. The summed E-state index contributed by atoms with van der Waals surface area (Å²) in [4.78, 5) is 0. The van der Waals surface area contributed by atoms with Gasteiger partial charge in [0, 0.05) is 11.8 Å². The molecule has 0 bridgehead atoms. The van der Waals surface area contributed by atoms with Crippen molar-refractivity contribution in [2.75, 3.05) is 0 Å². The van der Waals surface area contributed by atoms with Gasteiger partial charge in [0.25, 0.3) is 0 Å². The summed E-state index contributed by atoms with van der Waals surface area (Å²) in [5.74, 6) is 0. The maximum Gasteiger partial charge on any atom is 0.0256 e. The molecule has 0 aromatic heterocycles. The number of benzene rings is 3.